The molecule has 0 bridgehead atoms. The molecule has 2 aromatic carbocycles. The van der Waals surface area contributed by atoms with Crippen LogP contribution in [-0.4, -0.2) is 37.5 Å². The standard InChI is InChI=1S/C21H20FN5O2/c1-13-24-20(25-27(13)18-8-6-16(22)7-9-18)21(29)26(17-10-11-17)12-14-2-4-15(5-3-14)19(23)28/h2-9,17H,10-12H2,1H3,(H2,23,28). The molecule has 148 valence electrons. The van der Waals surface area contributed by atoms with Gasteiger partial charge in [-0.3, -0.25) is 9.59 Å². The first-order chi connectivity index (χ1) is 13.9. The third-order valence-corrected chi connectivity index (χ3v) is 4.87. The van der Waals surface area contributed by atoms with Crippen molar-refractivity contribution in [2.75, 3.05) is 0 Å². The molecule has 1 aromatic heterocycles. The van der Waals surface area contributed by atoms with E-state index in [-0.39, 0.29) is 23.6 Å². The Hall–Kier alpha value is -3.55. The number of hydrogen-bond acceptors (Lipinski definition) is 4. The summed E-state index contributed by atoms with van der Waals surface area (Å²) in [6.07, 6.45) is 1.87. The van der Waals surface area contributed by atoms with E-state index in [1.165, 1.54) is 16.8 Å². The largest absolute Gasteiger partial charge is 0.366 e. The maximum absolute atomic E-state index is 13.2. The lowest BCUT2D eigenvalue weighted by atomic mass is 10.1. The van der Waals surface area contributed by atoms with Crippen molar-refractivity contribution in [1.29, 1.82) is 0 Å². The van der Waals surface area contributed by atoms with Crippen molar-refractivity contribution >= 4 is 11.8 Å². The number of primary amides is 1. The Morgan fingerprint density at radius 1 is 1.14 bits per heavy atom. The average Bonchev–Trinajstić information content (AvgIpc) is 3.48. The Bertz CT molecular complexity index is 1060. The van der Waals surface area contributed by atoms with Gasteiger partial charge >= 0.3 is 0 Å². The summed E-state index contributed by atoms with van der Waals surface area (Å²) < 4.78 is 14.7. The second kappa shape index (κ2) is 7.46. The van der Waals surface area contributed by atoms with Crippen LogP contribution in [0.4, 0.5) is 4.39 Å². The Kier molecular flexibility index (Phi) is 4.84. The zero-order valence-corrected chi connectivity index (χ0v) is 15.9. The lowest BCUT2D eigenvalue weighted by molar-refractivity contribution is 0.0717. The summed E-state index contributed by atoms with van der Waals surface area (Å²) in [6, 6.07) is 12.9. The number of amides is 2. The molecular formula is C21H20FN5O2. The first-order valence-electron chi connectivity index (χ1n) is 9.31. The van der Waals surface area contributed by atoms with Gasteiger partial charge in [-0.05, 0) is 61.7 Å². The molecule has 1 saturated carbocycles. The van der Waals surface area contributed by atoms with Crippen molar-refractivity contribution in [2.24, 2.45) is 5.73 Å². The van der Waals surface area contributed by atoms with Crippen molar-refractivity contribution in [3.05, 3.63) is 77.1 Å². The molecule has 2 amide bonds. The molecule has 7 nitrogen and oxygen atoms in total. The smallest absolute Gasteiger partial charge is 0.294 e. The summed E-state index contributed by atoms with van der Waals surface area (Å²) in [5.41, 5.74) is 7.23. The highest BCUT2D eigenvalue weighted by Crippen LogP contribution is 2.29. The van der Waals surface area contributed by atoms with E-state index < -0.39 is 5.91 Å². The van der Waals surface area contributed by atoms with E-state index in [0.717, 1.165) is 18.4 Å². The average molecular weight is 393 g/mol. The number of halogens is 1. The van der Waals surface area contributed by atoms with Gasteiger partial charge < -0.3 is 10.6 Å². The summed E-state index contributed by atoms with van der Waals surface area (Å²) in [6.45, 7) is 2.14. The maximum Gasteiger partial charge on any atom is 0.294 e. The van der Waals surface area contributed by atoms with Crippen molar-refractivity contribution < 1.29 is 14.0 Å². The number of aryl methyl sites for hydroxylation is 1. The fourth-order valence-electron chi connectivity index (χ4n) is 3.16. The Morgan fingerprint density at radius 3 is 2.38 bits per heavy atom. The zero-order chi connectivity index (χ0) is 20.5. The van der Waals surface area contributed by atoms with Crippen molar-refractivity contribution in [3.63, 3.8) is 0 Å². The number of carbonyl (C=O) groups is 2. The van der Waals surface area contributed by atoms with Crippen LogP contribution in [-0.2, 0) is 6.54 Å². The predicted octanol–water partition coefficient (Wildman–Crippen LogP) is 2.62. The summed E-state index contributed by atoms with van der Waals surface area (Å²) >= 11 is 0. The number of benzene rings is 2. The molecular weight excluding hydrogens is 373 g/mol. The molecule has 0 spiro atoms. The van der Waals surface area contributed by atoms with Gasteiger partial charge in [-0.15, -0.1) is 5.10 Å². The van der Waals surface area contributed by atoms with E-state index in [9.17, 15) is 14.0 Å². The fraction of sp³-hybridized carbons (Fsp3) is 0.238. The quantitative estimate of drug-likeness (QED) is 0.697. The monoisotopic (exact) mass is 393 g/mol. The summed E-state index contributed by atoms with van der Waals surface area (Å²) in [5, 5.41) is 4.35. The zero-order valence-electron chi connectivity index (χ0n) is 15.9. The van der Waals surface area contributed by atoms with Crippen LogP contribution in [0.3, 0.4) is 0 Å². The molecule has 0 atom stereocenters. The number of rotatable bonds is 6. The minimum absolute atomic E-state index is 0.104. The summed E-state index contributed by atoms with van der Waals surface area (Å²) in [4.78, 5) is 30.4. The van der Waals surface area contributed by atoms with Crippen LogP contribution in [0.5, 0.6) is 0 Å². The molecule has 8 heteroatoms. The highest BCUT2D eigenvalue weighted by molar-refractivity contribution is 5.93. The van der Waals surface area contributed by atoms with E-state index >= 15 is 0 Å². The Labute approximate surface area is 167 Å². The third kappa shape index (κ3) is 4.01. The number of carbonyl (C=O) groups excluding carboxylic acids is 2. The Morgan fingerprint density at radius 2 is 1.79 bits per heavy atom. The first kappa shape index (κ1) is 18.8. The van der Waals surface area contributed by atoms with Gasteiger partial charge in [0, 0.05) is 18.2 Å². The molecule has 0 unspecified atom stereocenters. The Balaban J connectivity index is 1.57. The van der Waals surface area contributed by atoms with E-state index in [1.807, 2.05) is 0 Å². The van der Waals surface area contributed by atoms with Gasteiger partial charge in [-0.2, -0.15) is 0 Å². The van der Waals surface area contributed by atoms with E-state index in [4.69, 9.17) is 5.73 Å². The van der Waals surface area contributed by atoms with E-state index in [2.05, 4.69) is 10.1 Å². The van der Waals surface area contributed by atoms with Gasteiger partial charge in [-0.25, -0.2) is 14.1 Å². The van der Waals surface area contributed by atoms with Crippen LogP contribution in [0.25, 0.3) is 5.69 Å². The van der Waals surface area contributed by atoms with Gasteiger partial charge in [0.15, 0.2) is 0 Å². The lowest BCUT2D eigenvalue weighted by Crippen LogP contribution is -2.33. The van der Waals surface area contributed by atoms with Crippen LogP contribution in [0.15, 0.2) is 48.5 Å². The van der Waals surface area contributed by atoms with Crippen LogP contribution in [0.2, 0.25) is 0 Å². The van der Waals surface area contributed by atoms with Crippen LogP contribution in [0, 0.1) is 12.7 Å². The second-order valence-corrected chi connectivity index (χ2v) is 7.10. The molecule has 0 saturated heterocycles. The third-order valence-electron chi connectivity index (χ3n) is 4.87. The molecule has 1 heterocycles. The van der Waals surface area contributed by atoms with E-state index in [1.54, 1.807) is 48.2 Å². The maximum atomic E-state index is 13.2. The van der Waals surface area contributed by atoms with Crippen molar-refractivity contribution in [3.8, 4) is 5.69 Å². The van der Waals surface area contributed by atoms with Crippen molar-refractivity contribution in [1.82, 2.24) is 19.7 Å². The summed E-state index contributed by atoms with van der Waals surface area (Å²) in [5.74, 6) is -0.438. The van der Waals surface area contributed by atoms with Crippen LogP contribution in [0.1, 0.15) is 45.2 Å². The molecule has 2 N–H and O–H groups in total. The molecule has 0 aliphatic heterocycles. The fourth-order valence-corrected chi connectivity index (χ4v) is 3.16. The molecule has 3 aromatic rings. The highest BCUT2D eigenvalue weighted by Gasteiger charge is 2.35. The van der Waals surface area contributed by atoms with Crippen LogP contribution >= 0.6 is 0 Å². The molecule has 4 rings (SSSR count). The number of aromatic nitrogens is 3. The predicted molar refractivity (Wildman–Crippen MR) is 104 cm³/mol. The molecule has 29 heavy (non-hydrogen) atoms. The van der Waals surface area contributed by atoms with Gasteiger partial charge in [-0.1, -0.05) is 12.1 Å². The highest BCUT2D eigenvalue weighted by atomic mass is 19.1. The van der Waals surface area contributed by atoms with Gasteiger partial charge in [0.2, 0.25) is 11.7 Å². The SMILES string of the molecule is Cc1nc(C(=O)N(Cc2ccc(C(N)=O)cc2)C2CC2)nn1-c1ccc(F)cc1. The van der Waals surface area contributed by atoms with Gasteiger partial charge in [0.25, 0.3) is 5.91 Å². The van der Waals surface area contributed by atoms with Crippen molar-refractivity contribution in [2.45, 2.75) is 32.4 Å². The second-order valence-electron chi connectivity index (χ2n) is 7.10. The molecule has 1 aliphatic carbocycles. The number of hydrogen-bond donors (Lipinski definition) is 1. The van der Waals surface area contributed by atoms with Crippen LogP contribution < -0.4 is 5.73 Å². The molecule has 1 fully saturated rings. The summed E-state index contributed by atoms with van der Waals surface area (Å²) in [7, 11) is 0. The molecule has 0 radical (unpaired) electrons. The minimum Gasteiger partial charge on any atom is -0.366 e. The normalized spacial score (nSPS) is 13.3. The molecule has 1 aliphatic rings. The topological polar surface area (TPSA) is 94.1 Å². The number of nitrogens with two attached hydrogens (primary N) is 1. The van der Waals surface area contributed by atoms with E-state index in [0.29, 0.717) is 23.6 Å². The first-order valence-corrected chi connectivity index (χ1v) is 9.31. The van der Waals surface area contributed by atoms with Gasteiger partial charge in [0.05, 0.1) is 5.69 Å². The minimum atomic E-state index is -0.488. The number of nitrogens with zero attached hydrogens (tertiary/aromatic N) is 4. The van der Waals surface area contributed by atoms with Gasteiger partial charge in [0.1, 0.15) is 11.6 Å². The lowest BCUT2D eigenvalue weighted by Gasteiger charge is -2.21.